The van der Waals surface area contributed by atoms with Gasteiger partial charge in [-0.15, -0.1) is 0 Å². The Balaban J connectivity index is 2.55. The Labute approximate surface area is 132 Å². The molecule has 1 heterocycles. The first kappa shape index (κ1) is 18.3. The van der Waals surface area contributed by atoms with Gasteiger partial charge in [0.2, 0.25) is 0 Å². The first-order chi connectivity index (χ1) is 10.3. The van der Waals surface area contributed by atoms with Gasteiger partial charge in [-0.2, -0.15) is 0 Å². The number of hydrogen-bond acceptors (Lipinski definition) is 0. The standard InChI is InChI=1S/C19H37N2/c1-4-7-10-12-14-19-20(15-9-6-3)17-18-21(19)16-13-11-8-5-2/h17-18H,4-16H2,1-3H3/q+1. The van der Waals surface area contributed by atoms with Gasteiger partial charge in [-0.3, -0.25) is 0 Å². The van der Waals surface area contributed by atoms with Crippen LogP contribution in [0.2, 0.25) is 0 Å². The number of hydrogen-bond donors (Lipinski definition) is 0. The second kappa shape index (κ2) is 11.8. The molecule has 0 unspecified atom stereocenters. The van der Waals surface area contributed by atoms with Crippen molar-refractivity contribution < 1.29 is 4.57 Å². The van der Waals surface area contributed by atoms with Gasteiger partial charge in [-0.1, -0.05) is 59.3 Å². The summed E-state index contributed by atoms with van der Waals surface area (Å²) in [6, 6.07) is 0. The fourth-order valence-corrected chi connectivity index (χ4v) is 2.94. The molecule has 1 rings (SSSR count). The predicted molar refractivity (Wildman–Crippen MR) is 91.5 cm³/mol. The van der Waals surface area contributed by atoms with Gasteiger partial charge in [0.1, 0.15) is 12.4 Å². The fourth-order valence-electron chi connectivity index (χ4n) is 2.94. The lowest BCUT2D eigenvalue weighted by atomic mass is 10.1. The van der Waals surface area contributed by atoms with Gasteiger partial charge in [0, 0.05) is 6.42 Å². The molecule has 122 valence electrons. The van der Waals surface area contributed by atoms with Crippen molar-refractivity contribution in [3.05, 3.63) is 18.2 Å². The number of aryl methyl sites for hydroxylation is 2. The molecule has 0 amide bonds. The molecule has 21 heavy (non-hydrogen) atoms. The third kappa shape index (κ3) is 7.15. The Morgan fingerprint density at radius 3 is 2.14 bits per heavy atom. The van der Waals surface area contributed by atoms with E-state index >= 15 is 0 Å². The third-order valence-corrected chi connectivity index (χ3v) is 4.35. The molecule has 1 aromatic rings. The van der Waals surface area contributed by atoms with Gasteiger partial charge in [-0.25, -0.2) is 9.13 Å². The molecule has 0 aliphatic heterocycles. The molecule has 0 atom stereocenters. The molecular weight excluding hydrogens is 256 g/mol. The van der Waals surface area contributed by atoms with Gasteiger partial charge < -0.3 is 0 Å². The van der Waals surface area contributed by atoms with E-state index in [-0.39, 0.29) is 0 Å². The smallest absolute Gasteiger partial charge is 0.234 e. The molecule has 0 N–H and O–H groups in total. The summed E-state index contributed by atoms with van der Waals surface area (Å²) < 4.78 is 5.03. The zero-order chi connectivity index (χ0) is 15.3. The number of aromatic nitrogens is 2. The summed E-state index contributed by atoms with van der Waals surface area (Å²) in [5.41, 5.74) is 0. The summed E-state index contributed by atoms with van der Waals surface area (Å²) in [6.45, 7) is 9.26. The van der Waals surface area contributed by atoms with E-state index in [1.807, 2.05) is 0 Å². The molecule has 1 aromatic heterocycles. The van der Waals surface area contributed by atoms with Gasteiger partial charge in [0.05, 0.1) is 13.1 Å². The minimum Gasteiger partial charge on any atom is -0.234 e. The highest BCUT2D eigenvalue weighted by Gasteiger charge is 2.15. The Morgan fingerprint density at radius 2 is 1.48 bits per heavy atom. The third-order valence-electron chi connectivity index (χ3n) is 4.35. The molecule has 0 spiro atoms. The molecule has 0 saturated heterocycles. The highest BCUT2D eigenvalue weighted by Crippen LogP contribution is 2.08. The highest BCUT2D eigenvalue weighted by atomic mass is 15.1. The van der Waals surface area contributed by atoms with Crippen LogP contribution in [0.1, 0.15) is 90.8 Å². The van der Waals surface area contributed by atoms with E-state index in [0.29, 0.717) is 0 Å². The van der Waals surface area contributed by atoms with Gasteiger partial charge >= 0.3 is 0 Å². The first-order valence-corrected chi connectivity index (χ1v) is 9.40. The van der Waals surface area contributed by atoms with Crippen LogP contribution in [0, 0.1) is 0 Å². The lowest BCUT2D eigenvalue weighted by Gasteiger charge is -2.05. The molecule has 0 aliphatic carbocycles. The van der Waals surface area contributed by atoms with Crippen molar-refractivity contribution in [3.8, 4) is 0 Å². The van der Waals surface area contributed by atoms with Crippen LogP contribution in [0.25, 0.3) is 0 Å². The zero-order valence-corrected chi connectivity index (χ0v) is 14.7. The monoisotopic (exact) mass is 293 g/mol. The SMILES string of the molecule is CCCCCCc1n(CCCC)cc[n+]1CCCCCC. The molecule has 0 saturated carbocycles. The zero-order valence-electron chi connectivity index (χ0n) is 14.7. The number of imidazole rings is 1. The summed E-state index contributed by atoms with van der Waals surface area (Å²) >= 11 is 0. The minimum atomic E-state index is 1.20. The van der Waals surface area contributed by atoms with Crippen LogP contribution in [-0.4, -0.2) is 4.57 Å². The summed E-state index contributed by atoms with van der Waals surface area (Å²) in [6.07, 6.45) is 19.3. The maximum Gasteiger partial charge on any atom is 0.256 e. The number of unbranched alkanes of at least 4 members (excludes halogenated alkanes) is 7. The summed E-state index contributed by atoms with van der Waals surface area (Å²) in [4.78, 5) is 0. The van der Waals surface area contributed by atoms with Crippen molar-refractivity contribution in [1.29, 1.82) is 0 Å². The maximum atomic E-state index is 2.53. The van der Waals surface area contributed by atoms with E-state index < -0.39 is 0 Å². The molecule has 0 fully saturated rings. The van der Waals surface area contributed by atoms with Crippen molar-refractivity contribution in [2.45, 2.75) is 104 Å². The fraction of sp³-hybridized carbons (Fsp3) is 0.842. The maximum absolute atomic E-state index is 2.53. The molecule has 0 aromatic carbocycles. The molecular formula is C19H37N2+. The largest absolute Gasteiger partial charge is 0.256 e. The van der Waals surface area contributed by atoms with Gasteiger partial charge in [0.15, 0.2) is 0 Å². The van der Waals surface area contributed by atoms with Gasteiger partial charge in [0.25, 0.3) is 5.82 Å². The van der Waals surface area contributed by atoms with Crippen LogP contribution in [0.5, 0.6) is 0 Å². The molecule has 0 radical (unpaired) electrons. The van der Waals surface area contributed by atoms with E-state index in [9.17, 15) is 0 Å². The van der Waals surface area contributed by atoms with Crippen LogP contribution < -0.4 is 4.57 Å². The van der Waals surface area contributed by atoms with Crippen molar-refractivity contribution in [3.63, 3.8) is 0 Å². The van der Waals surface area contributed by atoms with Crippen molar-refractivity contribution >= 4 is 0 Å². The second-order valence-corrected chi connectivity index (χ2v) is 6.33. The van der Waals surface area contributed by atoms with Crippen molar-refractivity contribution in [1.82, 2.24) is 4.57 Å². The summed E-state index contributed by atoms with van der Waals surface area (Å²) in [5.74, 6) is 1.57. The highest BCUT2D eigenvalue weighted by molar-refractivity contribution is 4.84. The topological polar surface area (TPSA) is 8.81 Å². The Bertz CT molecular complexity index is 354. The second-order valence-electron chi connectivity index (χ2n) is 6.33. The first-order valence-electron chi connectivity index (χ1n) is 9.40. The average molecular weight is 294 g/mol. The average Bonchev–Trinajstić information content (AvgIpc) is 2.88. The number of nitrogens with zero attached hydrogens (tertiary/aromatic N) is 2. The summed E-state index contributed by atoms with van der Waals surface area (Å²) in [5, 5.41) is 0. The Kier molecular flexibility index (Phi) is 10.3. The summed E-state index contributed by atoms with van der Waals surface area (Å²) in [7, 11) is 0. The normalized spacial score (nSPS) is 11.2. The lowest BCUT2D eigenvalue weighted by Crippen LogP contribution is -2.37. The van der Waals surface area contributed by atoms with Crippen molar-refractivity contribution in [2.24, 2.45) is 0 Å². The molecule has 0 aliphatic rings. The van der Waals surface area contributed by atoms with Crippen LogP contribution in [0.3, 0.4) is 0 Å². The van der Waals surface area contributed by atoms with Crippen molar-refractivity contribution in [2.75, 3.05) is 0 Å². The predicted octanol–water partition coefficient (Wildman–Crippen LogP) is 5.28. The Morgan fingerprint density at radius 1 is 0.810 bits per heavy atom. The lowest BCUT2D eigenvalue weighted by molar-refractivity contribution is -0.704. The van der Waals surface area contributed by atoms with E-state index in [1.54, 1.807) is 5.82 Å². The van der Waals surface area contributed by atoms with E-state index in [0.717, 1.165) is 0 Å². The van der Waals surface area contributed by atoms with Crippen LogP contribution in [0.15, 0.2) is 12.4 Å². The van der Waals surface area contributed by atoms with Crippen LogP contribution in [-0.2, 0) is 19.5 Å². The molecule has 2 heteroatoms. The van der Waals surface area contributed by atoms with Crippen LogP contribution >= 0.6 is 0 Å². The number of rotatable bonds is 13. The Hall–Kier alpha value is -0.790. The van der Waals surface area contributed by atoms with E-state index in [2.05, 4.69) is 42.3 Å². The quantitative estimate of drug-likeness (QED) is 0.346. The minimum absolute atomic E-state index is 1.20. The van der Waals surface area contributed by atoms with E-state index in [4.69, 9.17) is 0 Å². The molecule has 0 bridgehead atoms. The molecule has 2 nitrogen and oxygen atoms in total. The van der Waals surface area contributed by atoms with E-state index in [1.165, 1.54) is 83.7 Å². The van der Waals surface area contributed by atoms with Crippen LogP contribution in [0.4, 0.5) is 0 Å². The van der Waals surface area contributed by atoms with Gasteiger partial charge in [-0.05, 0) is 25.7 Å².